The molecule has 132 valence electrons. The van der Waals surface area contributed by atoms with Gasteiger partial charge >= 0.3 is 5.63 Å². The highest BCUT2D eigenvalue weighted by Gasteiger charge is 2.27. The third-order valence-electron chi connectivity index (χ3n) is 5.61. The lowest BCUT2D eigenvalue weighted by molar-refractivity contribution is -0.945. The van der Waals surface area contributed by atoms with Gasteiger partial charge in [0.05, 0.1) is 5.56 Å². The molecule has 1 aromatic heterocycles. The zero-order valence-electron chi connectivity index (χ0n) is 14.7. The molecule has 0 radical (unpaired) electrons. The van der Waals surface area contributed by atoms with Crippen LogP contribution >= 0.6 is 0 Å². The fourth-order valence-electron chi connectivity index (χ4n) is 4.33. The van der Waals surface area contributed by atoms with E-state index in [1.807, 2.05) is 12.1 Å². The number of ether oxygens (including phenoxy) is 1. The molecule has 2 aromatic carbocycles. The normalized spacial score (nSPS) is 18.8. The molecule has 5 rings (SSSR count). The molecule has 1 aliphatic carbocycles. The van der Waals surface area contributed by atoms with Crippen LogP contribution in [0.25, 0.3) is 11.0 Å². The molecule has 1 aliphatic heterocycles. The Morgan fingerprint density at radius 2 is 1.73 bits per heavy atom. The highest BCUT2D eigenvalue weighted by Crippen LogP contribution is 2.33. The van der Waals surface area contributed by atoms with Gasteiger partial charge in [0.2, 0.25) is 6.73 Å². The smallest absolute Gasteiger partial charge is 0.339 e. The predicted octanol–water partition coefficient (Wildman–Crippen LogP) is 2.61. The molecule has 2 aliphatic rings. The summed E-state index contributed by atoms with van der Waals surface area (Å²) in [5, 5.41) is 1.10. The van der Waals surface area contributed by atoms with Crippen LogP contribution in [0.2, 0.25) is 0 Å². The van der Waals surface area contributed by atoms with E-state index < -0.39 is 0 Å². The molecule has 0 saturated carbocycles. The minimum atomic E-state index is -0.157. The summed E-state index contributed by atoms with van der Waals surface area (Å²) < 4.78 is 11.8. The van der Waals surface area contributed by atoms with Crippen LogP contribution in [0.4, 0.5) is 0 Å². The van der Waals surface area contributed by atoms with Crippen LogP contribution in [0.1, 0.15) is 35.1 Å². The van der Waals surface area contributed by atoms with Crippen LogP contribution in [0.3, 0.4) is 0 Å². The second-order valence-corrected chi connectivity index (χ2v) is 7.35. The zero-order valence-corrected chi connectivity index (χ0v) is 14.7. The second-order valence-electron chi connectivity index (χ2n) is 7.35. The van der Waals surface area contributed by atoms with Crippen LogP contribution < -0.4 is 15.3 Å². The van der Waals surface area contributed by atoms with Crippen LogP contribution in [0.15, 0.2) is 51.7 Å². The maximum atomic E-state index is 12.5. The van der Waals surface area contributed by atoms with Crippen LogP contribution in [0.5, 0.6) is 5.75 Å². The Morgan fingerprint density at radius 1 is 0.923 bits per heavy atom. The summed E-state index contributed by atoms with van der Waals surface area (Å²) >= 11 is 0. The third-order valence-corrected chi connectivity index (χ3v) is 5.61. The number of quaternary nitrogens is 1. The van der Waals surface area contributed by atoms with E-state index in [4.69, 9.17) is 9.15 Å². The van der Waals surface area contributed by atoms with Crippen LogP contribution in [-0.2, 0) is 25.9 Å². The van der Waals surface area contributed by atoms with E-state index in [1.54, 1.807) is 0 Å². The Morgan fingerprint density at radius 3 is 2.58 bits per heavy atom. The van der Waals surface area contributed by atoms with Gasteiger partial charge in [-0.05, 0) is 43.4 Å². The number of hydrogen-bond donors (Lipinski definition) is 1. The van der Waals surface area contributed by atoms with Gasteiger partial charge in [0, 0.05) is 16.5 Å². The van der Waals surface area contributed by atoms with Crippen molar-refractivity contribution in [3.63, 3.8) is 0 Å². The van der Waals surface area contributed by atoms with E-state index in [0.717, 1.165) is 66.6 Å². The molecule has 0 fully saturated rings. The molecule has 0 amide bonds. The summed E-state index contributed by atoms with van der Waals surface area (Å²) in [6.45, 7) is 2.33. The van der Waals surface area contributed by atoms with E-state index in [2.05, 4.69) is 30.3 Å². The molecular formula is C22H22NO3+. The first-order valence-corrected chi connectivity index (χ1v) is 9.40. The van der Waals surface area contributed by atoms with Crippen molar-refractivity contribution >= 4 is 11.0 Å². The largest absolute Gasteiger partial charge is 0.445 e. The highest BCUT2D eigenvalue weighted by molar-refractivity contribution is 5.86. The van der Waals surface area contributed by atoms with Gasteiger partial charge in [0.25, 0.3) is 0 Å². The molecule has 3 aromatic rings. The second kappa shape index (κ2) is 6.29. The minimum absolute atomic E-state index is 0.157. The van der Waals surface area contributed by atoms with Gasteiger partial charge in [-0.3, -0.25) is 4.90 Å². The molecule has 4 nitrogen and oxygen atoms in total. The molecule has 1 atom stereocenters. The number of aryl methyl sites for hydroxylation is 1. The van der Waals surface area contributed by atoms with Gasteiger partial charge in [0.1, 0.15) is 18.8 Å². The number of benzene rings is 2. The first-order valence-electron chi connectivity index (χ1n) is 9.40. The number of fused-ring (bicyclic) bond motifs is 5. The maximum Gasteiger partial charge on any atom is 0.339 e. The zero-order chi connectivity index (χ0) is 17.5. The number of nitrogens with one attached hydrogen (secondary N) is 1. The van der Waals surface area contributed by atoms with Crippen molar-refractivity contribution in [2.24, 2.45) is 0 Å². The van der Waals surface area contributed by atoms with Gasteiger partial charge < -0.3 is 9.15 Å². The fraction of sp³-hybridized carbons (Fsp3) is 0.318. The van der Waals surface area contributed by atoms with Gasteiger partial charge in [0.15, 0.2) is 5.58 Å². The molecule has 2 heterocycles. The van der Waals surface area contributed by atoms with E-state index in [9.17, 15) is 4.79 Å². The highest BCUT2D eigenvalue weighted by atomic mass is 16.5. The van der Waals surface area contributed by atoms with Gasteiger partial charge in [-0.2, -0.15) is 0 Å². The Bertz CT molecular complexity index is 1020. The van der Waals surface area contributed by atoms with E-state index in [1.165, 1.54) is 16.0 Å². The average Bonchev–Trinajstić information content (AvgIpc) is 2.69. The van der Waals surface area contributed by atoms with E-state index in [0.29, 0.717) is 6.73 Å². The molecule has 4 heteroatoms. The number of hydrogen-bond acceptors (Lipinski definition) is 3. The third kappa shape index (κ3) is 2.61. The van der Waals surface area contributed by atoms with E-state index in [-0.39, 0.29) is 5.63 Å². The summed E-state index contributed by atoms with van der Waals surface area (Å²) in [6, 6.07) is 14.6. The summed E-state index contributed by atoms with van der Waals surface area (Å²) in [7, 11) is 0. The van der Waals surface area contributed by atoms with Crippen LogP contribution in [-0.4, -0.2) is 6.73 Å². The SMILES string of the molecule is O=c1oc2c3c(ccc2c2c1CCCC2)OC[NH+](Cc1ccccc1)C3. The van der Waals surface area contributed by atoms with Crippen LogP contribution in [0, 0.1) is 0 Å². The molecule has 1 N–H and O–H groups in total. The lowest BCUT2D eigenvalue weighted by Crippen LogP contribution is -3.10. The monoisotopic (exact) mass is 348 g/mol. The molecular weight excluding hydrogens is 326 g/mol. The molecule has 0 bridgehead atoms. The van der Waals surface area contributed by atoms with Crippen molar-refractivity contribution in [1.82, 2.24) is 0 Å². The van der Waals surface area contributed by atoms with Crippen molar-refractivity contribution in [1.29, 1.82) is 0 Å². The maximum absolute atomic E-state index is 12.5. The average molecular weight is 348 g/mol. The minimum Gasteiger partial charge on any atom is -0.445 e. The van der Waals surface area contributed by atoms with Crippen molar-refractivity contribution in [2.45, 2.75) is 38.8 Å². The summed E-state index contributed by atoms with van der Waals surface area (Å²) in [5.41, 5.74) is 4.97. The first-order chi connectivity index (χ1) is 12.8. The lowest BCUT2D eigenvalue weighted by atomic mass is 9.90. The Kier molecular flexibility index (Phi) is 3.79. The molecule has 0 spiro atoms. The Labute approximate surface area is 152 Å². The predicted molar refractivity (Wildman–Crippen MR) is 99.4 cm³/mol. The summed E-state index contributed by atoms with van der Waals surface area (Å²) in [4.78, 5) is 13.8. The number of rotatable bonds is 2. The van der Waals surface area contributed by atoms with Crippen molar-refractivity contribution < 1.29 is 14.1 Å². The topological polar surface area (TPSA) is 43.9 Å². The van der Waals surface area contributed by atoms with Gasteiger partial charge in [-0.25, -0.2) is 4.79 Å². The molecule has 0 saturated heterocycles. The summed E-state index contributed by atoms with van der Waals surface area (Å²) in [6.07, 6.45) is 4.03. The first kappa shape index (κ1) is 15.6. The Balaban J connectivity index is 1.57. The van der Waals surface area contributed by atoms with Crippen molar-refractivity contribution in [2.75, 3.05) is 6.73 Å². The van der Waals surface area contributed by atoms with E-state index >= 15 is 0 Å². The van der Waals surface area contributed by atoms with Gasteiger partial charge in [-0.15, -0.1) is 0 Å². The molecule has 1 unspecified atom stereocenters. The fourth-order valence-corrected chi connectivity index (χ4v) is 4.33. The standard InChI is InChI=1S/C22H21NO3/c24-22-18-9-5-4-8-16(18)17-10-11-20-19(21(17)26-22)13-23(14-25-20)12-15-6-2-1-3-7-15/h1-3,6-7,10-11H,4-5,8-9,12-14H2/p+1. The Hall–Kier alpha value is -2.59. The summed E-state index contributed by atoms with van der Waals surface area (Å²) in [5.74, 6) is 0.855. The lowest BCUT2D eigenvalue weighted by Gasteiger charge is -2.27. The molecule has 26 heavy (non-hydrogen) atoms. The van der Waals surface area contributed by atoms with Crippen molar-refractivity contribution in [3.8, 4) is 5.75 Å². The quantitative estimate of drug-likeness (QED) is 0.724. The van der Waals surface area contributed by atoms with Gasteiger partial charge in [-0.1, -0.05) is 30.3 Å². The van der Waals surface area contributed by atoms with Crippen molar-refractivity contribution in [3.05, 3.63) is 75.1 Å².